The molecule has 4 aromatic heterocycles. The minimum Gasteiger partial charge on any atom is -0.392 e. The van der Waals surface area contributed by atoms with Gasteiger partial charge in [-0.1, -0.05) is 0 Å². The van der Waals surface area contributed by atoms with Crippen LogP contribution in [0.15, 0.2) is 53.7 Å². The minimum absolute atomic E-state index is 0.105. The van der Waals surface area contributed by atoms with Gasteiger partial charge in [-0.15, -0.1) is 0 Å². The average molecular weight is 651 g/mol. The number of ether oxygens (including phenoxy) is 1. The first-order chi connectivity index (χ1) is 23.4. The molecular formula is C36H42N8O4. The van der Waals surface area contributed by atoms with Crippen molar-refractivity contribution in [3.8, 4) is 11.1 Å². The fourth-order valence-corrected chi connectivity index (χ4v) is 7.87. The van der Waals surface area contributed by atoms with Crippen LogP contribution in [-0.2, 0) is 37.8 Å². The van der Waals surface area contributed by atoms with Gasteiger partial charge in [0.2, 0.25) is 0 Å². The van der Waals surface area contributed by atoms with Crippen LogP contribution in [0.1, 0.15) is 58.8 Å². The quantitative estimate of drug-likeness (QED) is 0.276. The highest BCUT2D eigenvalue weighted by molar-refractivity contribution is 5.97. The van der Waals surface area contributed by atoms with Gasteiger partial charge in [-0.3, -0.25) is 19.5 Å². The summed E-state index contributed by atoms with van der Waals surface area (Å²) < 4.78 is 9.22. The zero-order chi connectivity index (χ0) is 32.9. The molecule has 4 aliphatic rings. The molecule has 8 heterocycles. The second-order valence-corrected chi connectivity index (χ2v) is 13.5. The van der Waals surface area contributed by atoms with E-state index in [2.05, 4.69) is 41.9 Å². The molecule has 2 fully saturated rings. The maximum absolute atomic E-state index is 13.3. The normalized spacial score (nSPS) is 21.3. The summed E-state index contributed by atoms with van der Waals surface area (Å²) >= 11 is 0. The molecule has 12 heteroatoms. The van der Waals surface area contributed by atoms with Crippen molar-refractivity contribution in [3.63, 3.8) is 0 Å². The Labute approximate surface area is 279 Å². The number of nitrogens with zero attached hydrogens (tertiary/aromatic N) is 6. The van der Waals surface area contributed by atoms with E-state index >= 15 is 0 Å². The largest absolute Gasteiger partial charge is 0.392 e. The third-order valence-electron chi connectivity index (χ3n) is 10.5. The van der Waals surface area contributed by atoms with Crippen molar-refractivity contribution in [3.05, 3.63) is 87.5 Å². The smallest absolute Gasteiger partial charge is 0.274 e. The second kappa shape index (κ2) is 12.5. The van der Waals surface area contributed by atoms with Crippen molar-refractivity contribution < 1.29 is 14.6 Å². The standard InChI is InChI=1S/C36H42N8O4/c1-22-17-42(26-20-48-21-26)11-12-43(22)25-6-7-33(38-16-25)39-31-13-23(18-41(2)36(31)47)27-8-9-37-34(29(27)19-45)30-15-32-28(35(46)40-30)14-24-5-3-4-10-44(24)32/h6-9,13-14,16,18,22,26,30,45H,3-5,10-12,15,17,19-21H2,1-2H3,(H,38,39)(H,40,46)/t22-,30?/m0/s1. The highest BCUT2D eigenvalue weighted by Crippen LogP contribution is 2.35. The van der Waals surface area contributed by atoms with Crippen LogP contribution in [0.3, 0.4) is 0 Å². The van der Waals surface area contributed by atoms with E-state index in [9.17, 15) is 14.7 Å². The van der Waals surface area contributed by atoms with Crippen LogP contribution in [0, 0.1) is 0 Å². The molecule has 0 spiro atoms. The van der Waals surface area contributed by atoms with E-state index in [1.165, 1.54) is 10.3 Å². The zero-order valence-electron chi connectivity index (χ0n) is 27.5. The van der Waals surface area contributed by atoms with Crippen molar-refractivity contribution in [2.45, 2.75) is 63.9 Å². The summed E-state index contributed by atoms with van der Waals surface area (Å²) in [6, 6.07) is 10.1. The Morgan fingerprint density at radius 3 is 2.69 bits per heavy atom. The summed E-state index contributed by atoms with van der Waals surface area (Å²) in [6.07, 6.45) is 9.16. The van der Waals surface area contributed by atoms with Crippen LogP contribution >= 0.6 is 0 Å². The van der Waals surface area contributed by atoms with Crippen LogP contribution in [0.2, 0.25) is 0 Å². The molecule has 12 nitrogen and oxygen atoms in total. The number of carbonyl (C=O) groups is 1. The van der Waals surface area contributed by atoms with E-state index in [1.807, 2.05) is 30.5 Å². The number of anilines is 3. The van der Waals surface area contributed by atoms with Crippen molar-refractivity contribution in [2.75, 3.05) is 43.1 Å². The maximum Gasteiger partial charge on any atom is 0.274 e. The van der Waals surface area contributed by atoms with Gasteiger partial charge in [0.25, 0.3) is 11.5 Å². The number of rotatable bonds is 7. The Kier molecular flexibility index (Phi) is 8.02. The first-order valence-corrected chi connectivity index (χ1v) is 17.0. The van der Waals surface area contributed by atoms with Gasteiger partial charge in [0.15, 0.2) is 0 Å². The van der Waals surface area contributed by atoms with Crippen LogP contribution in [0.25, 0.3) is 11.1 Å². The Hall–Kier alpha value is -4.52. The molecule has 0 aromatic carbocycles. The number of nitrogens with one attached hydrogen (secondary N) is 2. The molecule has 0 bridgehead atoms. The molecule has 48 heavy (non-hydrogen) atoms. The summed E-state index contributed by atoms with van der Waals surface area (Å²) in [5.74, 6) is 0.465. The van der Waals surface area contributed by atoms with Crippen LogP contribution < -0.4 is 21.1 Å². The molecular weight excluding hydrogens is 608 g/mol. The number of carbonyl (C=O) groups excluding carboxylic acids is 1. The number of pyridine rings is 3. The van der Waals surface area contributed by atoms with Gasteiger partial charge in [-0.25, -0.2) is 4.98 Å². The lowest BCUT2D eigenvalue weighted by molar-refractivity contribution is -0.0691. The summed E-state index contributed by atoms with van der Waals surface area (Å²) in [7, 11) is 1.71. The fourth-order valence-electron chi connectivity index (χ4n) is 7.87. The number of amides is 1. The summed E-state index contributed by atoms with van der Waals surface area (Å²) in [4.78, 5) is 40.8. The number of hydrogen-bond acceptors (Lipinski definition) is 9. The molecule has 1 amide bonds. The first-order valence-electron chi connectivity index (χ1n) is 17.0. The van der Waals surface area contributed by atoms with Crippen molar-refractivity contribution in [1.29, 1.82) is 0 Å². The second-order valence-electron chi connectivity index (χ2n) is 13.5. The number of aliphatic hydroxyl groups is 1. The Morgan fingerprint density at radius 1 is 1.06 bits per heavy atom. The molecule has 0 aliphatic carbocycles. The third kappa shape index (κ3) is 5.47. The van der Waals surface area contributed by atoms with E-state index in [4.69, 9.17) is 4.74 Å². The number of fused-ring (bicyclic) bond motifs is 3. The van der Waals surface area contributed by atoms with Crippen molar-refractivity contribution in [2.24, 2.45) is 7.05 Å². The monoisotopic (exact) mass is 650 g/mol. The molecule has 2 saturated heterocycles. The fraction of sp³-hybridized carbons (Fsp3) is 0.444. The SMILES string of the molecule is C[C@H]1CN(C2COC2)CCN1c1ccc(Nc2cc(-c3ccnc(C4Cc5c(cc6n5CCCC6)C(=O)N4)c3CO)cn(C)c2=O)nc1. The number of aliphatic hydroxyl groups excluding tert-OH is 1. The van der Waals surface area contributed by atoms with Gasteiger partial charge in [0.1, 0.15) is 11.5 Å². The lowest BCUT2D eigenvalue weighted by Crippen LogP contribution is -2.59. The van der Waals surface area contributed by atoms with E-state index in [0.29, 0.717) is 41.3 Å². The highest BCUT2D eigenvalue weighted by atomic mass is 16.5. The molecule has 0 saturated carbocycles. The molecule has 0 radical (unpaired) electrons. The van der Waals surface area contributed by atoms with E-state index in [-0.39, 0.29) is 24.1 Å². The Morgan fingerprint density at radius 2 is 1.94 bits per heavy atom. The number of piperazine rings is 1. The lowest BCUT2D eigenvalue weighted by Gasteiger charge is -2.46. The third-order valence-corrected chi connectivity index (χ3v) is 10.5. The van der Waals surface area contributed by atoms with Gasteiger partial charge >= 0.3 is 0 Å². The lowest BCUT2D eigenvalue weighted by atomic mass is 9.92. The van der Waals surface area contributed by atoms with E-state index in [1.54, 1.807) is 25.5 Å². The predicted molar refractivity (Wildman–Crippen MR) is 183 cm³/mol. The molecule has 1 unspecified atom stereocenters. The maximum atomic E-state index is 13.3. The van der Waals surface area contributed by atoms with Crippen LogP contribution in [0.4, 0.5) is 17.2 Å². The van der Waals surface area contributed by atoms with E-state index in [0.717, 1.165) is 86.7 Å². The number of hydrogen-bond donors (Lipinski definition) is 3. The van der Waals surface area contributed by atoms with E-state index < -0.39 is 0 Å². The predicted octanol–water partition coefficient (Wildman–Crippen LogP) is 3.15. The Bertz CT molecular complexity index is 1910. The van der Waals surface area contributed by atoms with Crippen LogP contribution in [-0.4, -0.2) is 79.9 Å². The summed E-state index contributed by atoms with van der Waals surface area (Å²) in [5, 5.41) is 17.1. The van der Waals surface area contributed by atoms with Gasteiger partial charge in [0, 0.05) is 80.6 Å². The Balaban J connectivity index is 1.04. The molecule has 4 aliphatic heterocycles. The number of aromatic nitrogens is 4. The average Bonchev–Trinajstić information content (AvgIpc) is 3.45. The topological polar surface area (TPSA) is 130 Å². The van der Waals surface area contributed by atoms with Gasteiger partial charge in [-0.05, 0) is 62.1 Å². The van der Waals surface area contributed by atoms with Gasteiger partial charge in [0.05, 0.1) is 55.0 Å². The van der Waals surface area contributed by atoms with Crippen molar-refractivity contribution >= 4 is 23.1 Å². The zero-order valence-corrected chi connectivity index (χ0v) is 27.5. The highest BCUT2D eigenvalue weighted by Gasteiger charge is 2.34. The molecule has 3 N–H and O–H groups in total. The molecule has 4 aromatic rings. The summed E-state index contributed by atoms with van der Waals surface area (Å²) in [5.41, 5.74) is 7.00. The molecule has 250 valence electrons. The molecule has 2 atom stereocenters. The summed E-state index contributed by atoms with van der Waals surface area (Å²) in [6.45, 7) is 7.47. The first kappa shape index (κ1) is 30.8. The minimum atomic E-state index is -0.376. The number of aryl methyl sites for hydroxylation is 2. The molecule has 8 rings (SSSR count). The van der Waals surface area contributed by atoms with Crippen LogP contribution in [0.5, 0.6) is 0 Å². The van der Waals surface area contributed by atoms with Gasteiger partial charge in [-0.2, -0.15) is 0 Å². The van der Waals surface area contributed by atoms with Crippen molar-refractivity contribution in [1.82, 2.24) is 29.3 Å². The van der Waals surface area contributed by atoms with Gasteiger partial charge < -0.3 is 34.5 Å².